The Morgan fingerprint density at radius 3 is 2.13 bits per heavy atom. The van der Waals surface area contributed by atoms with Gasteiger partial charge in [0.25, 0.3) is 10.0 Å². The first kappa shape index (κ1) is 30.1. The molecule has 0 bridgehead atoms. The Morgan fingerprint density at radius 2 is 1.56 bits per heavy atom. The largest absolute Gasteiger partial charge is 0.354 e. The number of aryl methyl sites for hydroxylation is 1. The van der Waals surface area contributed by atoms with E-state index in [4.69, 9.17) is 11.6 Å². The number of halogens is 2. The van der Waals surface area contributed by atoms with Crippen molar-refractivity contribution in [3.63, 3.8) is 0 Å². The maximum Gasteiger partial charge on any atom is 0.264 e. The van der Waals surface area contributed by atoms with E-state index in [2.05, 4.69) is 5.32 Å². The number of carbonyl (C=O) groups excluding carboxylic acids is 2. The van der Waals surface area contributed by atoms with Crippen molar-refractivity contribution >= 4 is 39.1 Å². The molecule has 10 heteroatoms. The van der Waals surface area contributed by atoms with Gasteiger partial charge in [-0.2, -0.15) is 0 Å². The summed E-state index contributed by atoms with van der Waals surface area (Å²) in [5.41, 5.74) is 1.83. The molecule has 3 aromatic rings. The number of hydrogen-bond donors (Lipinski definition) is 1. The minimum Gasteiger partial charge on any atom is -0.354 e. The van der Waals surface area contributed by atoms with Crippen LogP contribution >= 0.6 is 11.6 Å². The molecule has 0 aromatic heterocycles. The van der Waals surface area contributed by atoms with Crippen LogP contribution in [-0.2, 0) is 26.2 Å². The fraction of sp³-hybridized carbons (Fsp3) is 0.310. The standard InChI is InChI=1S/C29H33ClFN3O4S/c1-4-18-32-29(36)27(5-2)33(19-22-8-12-24(31)13-9-22)28(35)20-34(25-14-6-21(3)7-15-25)39(37,38)26-16-10-23(30)11-17-26/h6-17,27H,4-5,18-20H2,1-3H3,(H,32,36)/t27-/m0/s1. The van der Waals surface area contributed by atoms with Gasteiger partial charge in [0, 0.05) is 18.1 Å². The lowest BCUT2D eigenvalue weighted by Crippen LogP contribution is -2.52. The Kier molecular flexibility index (Phi) is 10.5. The number of benzene rings is 3. The summed E-state index contributed by atoms with van der Waals surface area (Å²) in [6.45, 7) is 5.46. The highest BCUT2D eigenvalue weighted by atomic mass is 35.5. The molecule has 208 valence electrons. The van der Waals surface area contributed by atoms with Crippen molar-refractivity contribution in [1.82, 2.24) is 10.2 Å². The lowest BCUT2D eigenvalue weighted by molar-refractivity contribution is -0.140. The van der Waals surface area contributed by atoms with Gasteiger partial charge in [-0.3, -0.25) is 13.9 Å². The van der Waals surface area contributed by atoms with Crippen LogP contribution in [-0.4, -0.2) is 44.3 Å². The zero-order valence-electron chi connectivity index (χ0n) is 22.2. The summed E-state index contributed by atoms with van der Waals surface area (Å²) < 4.78 is 42.2. The quantitative estimate of drug-likeness (QED) is 0.318. The van der Waals surface area contributed by atoms with Crippen LogP contribution < -0.4 is 9.62 Å². The summed E-state index contributed by atoms with van der Waals surface area (Å²) in [7, 11) is -4.18. The van der Waals surface area contributed by atoms with Gasteiger partial charge in [-0.1, -0.05) is 55.3 Å². The third kappa shape index (κ3) is 7.80. The predicted octanol–water partition coefficient (Wildman–Crippen LogP) is 5.32. The van der Waals surface area contributed by atoms with Crippen molar-refractivity contribution in [2.45, 2.75) is 51.1 Å². The maximum absolute atomic E-state index is 13.9. The summed E-state index contributed by atoms with van der Waals surface area (Å²) in [4.78, 5) is 28.3. The van der Waals surface area contributed by atoms with Crippen LogP contribution in [0.4, 0.5) is 10.1 Å². The number of hydrogen-bond acceptors (Lipinski definition) is 4. The van der Waals surface area contributed by atoms with E-state index in [1.54, 1.807) is 31.2 Å². The molecule has 0 aliphatic rings. The van der Waals surface area contributed by atoms with Crippen molar-refractivity contribution < 1.29 is 22.4 Å². The van der Waals surface area contributed by atoms with Gasteiger partial charge in [0.1, 0.15) is 18.4 Å². The van der Waals surface area contributed by atoms with Crippen LogP contribution in [0, 0.1) is 12.7 Å². The lowest BCUT2D eigenvalue weighted by Gasteiger charge is -2.33. The smallest absolute Gasteiger partial charge is 0.264 e. The van der Waals surface area contributed by atoms with Crippen LogP contribution in [0.3, 0.4) is 0 Å². The first-order valence-corrected chi connectivity index (χ1v) is 14.5. The van der Waals surface area contributed by atoms with E-state index >= 15 is 0 Å². The summed E-state index contributed by atoms with van der Waals surface area (Å²) in [6, 6.07) is 17.2. The fourth-order valence-electron chi connectivity index (χ4n) is 4.05. The van der Waals surface area contributed by atoms with Gasteiger partial charge >= 0.3 is 0 Å². The zero-order chi connectivity index (χ0) is 28.6. The summed E-state index contributed by atoms with van der Waals surface area (Å²) in [5, 5.41) is 3.21. The third-order valence-corrected chi connectivity index (χ3v) is 8.24. The Balaban J connectivity index is 2.03. The van der Waals surface area contributed by atoms with Gasteiger partial charge < -0.3 is 10.2 Å². The van der Waals surface area contributed by atoms with Crippen molar-refractivity contribution in [2.24, 2.45) is 0 Å². The number of nitrogens with zero attached hydrogens (tertiary/aromatic N) is 2. The number of nitrogens with one attached hydrogen (secondary N) is 1. The molecule has 1 atom stereocenters. The van der Waals surface area contributed by atoms with E-state index in [1.165, 1.54) is 53.4 Å². The molecule has 0 heterocycles. The highest BCUT2D eigenvalue weighted by Gasteiger charge is 2.33. The van der Waals surface area contributed by atoms with Crippen LogP contribution in [0.15, 0.2) is 77.7 Å². The predicted molar refractivity (Wildman–Crippen MR) is 151 cm³/mol. The topological polar surface area (TPSA) is 86.8 Å². The van der Waals surface area contributed by atoms with E-state index < -0.39 is 34.3 Å². The molecule has 0 fully saturated rings. The number of carbonyl (C=O) groups is 2. The lowest BCUT2D eigenvalue weighted by atomic mass is 10.1. The molecule has 0 saturated heterocycles. The zero-order valence-corrected chi connectivity index (χ0v) is 23.8. The first-order chi connectivity index (χ1) is 18.6. The van der Waals surface area contributed by atoms with E-state index in [0.717, 1.165) is 9.87 Å². The molecule has 1 N–H and O–H groups in total. The highest BCUT2D eigenvalue weighted by Crippen LogP contribution is 2.26. The molecule has 3 aromatic carbocycles. The molecule has 0 aliphatic heterocycles. The van der Waals surface area contributed by atoms with Gasteiger partial charge in [-0.15, -0.1) is 0 Å². The number of amides is 2. The molecule has 0 saturated carbocycles. The van der Waals surface area contributed by atoms with Crippen LogP contribution in [0.2, 0.25) is 5.02 Å². The van der Waals surface area contributed by atoms with Crippen LogP contribution in [0.5, 0.6) is 0 Å². The summed E-state index contributed by atoms with van der Waals surface area (Å²) >= 11 is 5.97. The molecule has 7 nitrogen and oxygen atoms in total. The monoisotopic (exact) mass is 573 g/mol. The number of sulfonamides is 1. The molecule has 2 amide bonds. The Bertz CT molecular complexity index is 1370. The minimum absolute atomic E-state index is 0.000104. The van der Waals surface area contributed by atoms with Gasteiger partial charge in [0.05, 0.1) is 10.6 Å². The summed E-state index contributed by atoms with van der Waals surface area (Å²) in [5.74, 6) is -1.34. The van der Waals surface area contributed by atoms with Crippen molar-refractivity contribution in [3.8, 4) is 0 Å². The second-order valence-corrected chi connectivity index (χ2v) is 11.5. The molecule has 39 heavy (non-hydrogen) atoms. The number of rotatable bonds is 12. The summed E-state index contributed by atoms with van der Waals surface area (Å²) in [6.07, 6.45) is 1.02. The normalized spacial score (nSPS) is 12.0. The van der Waals surface area contributed by atoms with Crippen molar-refractivity contribution in [1.29, 1.82) is 0 Å². The van der Waals surface area contributed by atoms with Gasteiger partial charge in [-0.05, 0) is 73.9 Å². The molecule has 0 unspecified atom stereocenters. The van der Waals surface area contributed by atoms with Crippen molar-refractivity contribution in [3.05, 3.63) is 94.8 Å². The molecule has 0 spiro atoms. The molecular weight excluding hydrogens is 541 g/mol. The van der Waals surface area contributed by atoms with E-state index in [-0.39, 0.29) is 17.3 Å². The second-order valence-electron chi connectivity index (χ2n) is 9.16. The Hall–Kier alpha value is -3.43. The molecule has 0 aliphatic carbocycles. The van der Waals surface area contributed by atoms with E-state index in [9.17, 15) is 22.4 Å². The fourth-order valence-corrected chi connectivity index (χ4v) is 5.59. The third-order valence-electron chi connectivity index (χ3n) is 6.20. The van der Waals surface area contributed by atoms with Crippen molar-refractivity contribution in [2.75, 3.05) is 17.4 Å². The first-order valence-electron chi connectivity index (χ1n) is 12.7. The Morgan fingerprint density at radius 1 is 0.949 bits per heavy atom. The average Bonchev–Trinajstić information content (AvgIpc) is 2.92. The second kappa shape index (κ2) is 13.6. The minimum atomic E-state index is -4.18. The molecular formula is C29H33ClFN3O4S. The molecule has 0 radical (unpaired) electrons. The van der Waals surface area contributed by atoms with Gasteiger partial charge in [0.2, 0.25) is 11.8 Å². The molecule has 3 rings (SSSR count). The Labute approximate surface area is 234 Å². The van der Waals surface area contributed by atoms with E-state index in [1.807, 2.05) is 13.8 Å². The SMILES string of the molecule is CCCNC(=O)[C@H](CC)N(Cc1ccc(F)cc1)C(=O)CN(c1ccc(C)cc1)S(=O)(=O)c1ccc(Cl)cc1. The number of anilines is 1. The van der Waals surface area contributed by atoms with E-state index in [0.29, 0.717) is 35.7 Å². The average molecular weight is 574 g/mol. The van der Waals surface area contributed by atoms with Crippen LogP contribution in [0.1, 0.15) is 37.8 Å². The van der Waals surface area contributed by atoms with Gasteiger partial charge in [-0.25, -0.2) is 12.8 Å². The van der Waals surface area contributed by atoms with Gasteiger partial charge in [0.15, 0.2) is 0 Å². The van der Waals surface area contributed by atoms with Crippen LogP contribution in [0.25, 0.3) is 0 Å². The highest BCUT2D eigenvalue weighted by molar-refractivity contribution is 7.92. The maximum atomic E-state index is 13.9.